The Kier molecular flexibility index (Phi) is 6.18. The lowest BCUT2D eigenvalue weighted by molar-refractivity contribution is 0.0676. The smallest absolute Gasteiger partial charge is 0.274 e. The van der Waals surface area contributed by atoms with Crippen molar-refractivity contribution in [3.05, 3.63) is 30.2 Å². The second-order valence-corrected chi connectivity index (χ2v) is 6.82. The van der Waals surface area contributed by atoms with Crippen LogP contribution in [0.5, 0.6) is 17.2 Å². The molecule has 0 aliphatic carbocycles. The molecule has 1 aromatic carbocycles. The van der Waals surface area contributed by atoms with Crippen molar-refractivity contribution in [2.45, 2.75) is 19.8 Å². The first kappa shape index (κ1) is 19.7. The molecule has 1 unspecified atom stereocenters. The van der Waals surface area contributed by atoms with Gasteiger partial charge in [0.1, 0.15) is 11.5 Å². The van der Waals surface area contributed by atoms with E-state index < -0.39 is 0 Å². The zero-order valence-electron chi connectivity index (χ0n) is 16.7. The van der Waals surface area contributed by atoms with Crippen molar-refractivity contribution in [3.8, 4) is 17.2 Å². The molecule has 1 amide bonds. The molecule has 3 rings (SSSR count). The number of hydrogen-bond acceptors (Lipinski definition) is 7. The van der Waals surface area contributed by atoms with Crippen LogP contribution in [0, 0.1) is 5.92 Å². The van der Waals surface area contributed by atoms with Crippen LogP contribution in [0.25, 0.3) is 0 Å². The molecule has 2 aromatic rings. The minimum absolute atomic E-state index is 0.0709. The van der Waals surface area contributed by atoms with E-state index in [-0.39, 0.29) is 5.91 Å². The number of likely N-dealkylation sites (tertiary alicyclic amines) is 1. The van der Waals surface area contributed by atoms with Crippen LogP contribution < -0.4 is 19.5 Å². The number of rotatable bonds is 6. The van der Waals surface area contributed by atoms with Gasteiger partial charge in [0.15, 0.2) is 11.5 Å². The minimum atomic E-state index is -0.0709. The van der Waals surface area contributed by atoms with Gasteiger partial charge in [0.25, 0.3) is 5.91 Å². The molecule has 8 heteroatoms. The van der Waals surface area contributed by atoms with Crippen LogP contribution >= 0.6 is 0 Å². The highest BCUT2D eigenvalue weighted by atomic mass is 16.5. The second-order valence-electron chi connectivity index (χ2n) is 6.82. The lowest BCUT2D eigenvalue weighted by atomic mass is 10.0. The fraction of sp³-hybridized carbons (Fsp3) is 0.450. The van der Waals surface area contributed by atoms with Gasteiger partial charge in [-0.25, -0.2) is 9.97 Å². The molecule has 0 bridgehead atoms. The van der Waals surface area contributed by atoms with Crippen LogP contribution in [-0.4, -0.2) is 55.2 Å². The maximum absolute atomic E-state index is 12.6. The first-order valence-electron chi connectivity index (χ1n) is 9.24. The maximum atomic E-state index is 12.6. The Morgan fingerprint density at radius 2 is 1.82 bits per heavy atom. The zero-order valence-corrected chi connectivity index (χ0v) is 16.7. The number of carbonyl (C=O) groups is 1. The van der Waals surface area contributed by atoms with Gasteiger partial charge in [-0.3, -0.25) is 4.79 Å². The average Bonchev–Trinajstić information content (AvgIpc) is 2.73. The number of methoxy groups -OCH3 is 3. The molecule has 1 N–H and O–H groups in total. The number of amides is 1. The predicted octanol–water partition coefficient (Wildman–Crippen LogP) is 3.12. The van der Waals surface area contributed by atoms with Crippen molar-refractivity contribution in [2.24, 2.45) is 5.92 Å². The van der Waals surface area contributed by atoms with Crippen molar-refractivity contribution in [3.63, 3.8) is 0 Å². The second kappa shape index (κ2) is 8.77. The van der Waals surface area contributed by atoms with Gasteiger partial charge in [0.05, 0.1) is 33.7 Å². The Balaban J connectivity index is 1.75. The van der Waals surface area contributed by atoms with E-state index in [1.54, 1.807) is 39.7 Å². The van der Waals surface area contributed by atoms with Crippen molar-refractivity contribution in [1.82, 2.24) is 14.9 Å². The fourth-order valence-electron chi connectivity index (χ4n) is 3.34. The van der Waals surface area contributed by atoms with Crippen molar-refractivity contribution in [2.75, 3.05) is 39.7 Å². The van der Waals surface area contributed by atoms with Gasteiger partial charge in [-0.1, -0.05) is 6.92 Å². The first-order valence-corrected chi connectivity index (χ1v) is 9.24. The van der Waals surface area contributed by atoms with Crippen LogP contribution in [0.15, 0.2) is 24.5 Å². The number of nitrogens with one attached hydrogen (secondary N) is 1. The molecular weight excluding hydrogens is 360 g/mol. The summed E-state index contributed by atoms with van der Waals surface area (Å²) in [5, 5.41) is 3.14. The Morgan fingerprint density at radius 3 is 2.36 bits per heavy atom. The number of aromatic nitrogens is 2. The molecule has 2 heterocycles. The molecule has 1 aromatic heterocycles. The van der Waals surface area contributed by atoms with Crippen LogP contribution in [0.2, 0.25) is 0 Å². The Labute approximate surface area is 164 Å². The summed E-state index contributed by atoms with van der Waals surface area (Å²) in [4.78, 5) is 23.1. The summed E-state index contributed by atoms with van der Waals surface area (Å²) in [5.74, 6) is 2.54. The highest BCUT2D eigenvalue weighted by Gasteiger charge is 2.23. The van der Waals surface area contributed by atoms with Gasteiger partial charge in [0, 0.05) is 30.9 Å². The normalized spacial score (nSPS) is 16.4. The number of anilines is 2. The van der Waals surface area contributed by atoms with Crippen LogP contribution in [0.1, 0.15) is 30.3 Å². The number of carbonyl (C=O) groups excluding carboxylic acids is 1. The van der Waals surface area contributed by atoms with E-state index in [4.69, 9.17) is 14.2 Å². The highest BCUT2D eigenvalue weighted by Crippen LogP contribution is 2.40. The van der Waals surface area contributed by atoms with E-state index in [1.165, 1.54) is 6.20 Å². The fourth-order valence-corrected chi connectivity index (χ4v) is 3.34. The SMILES string of the molecule is COc1cc(Nc2cnc(C(=O)N3CCCC(C)C3)cn2)cc(OC)c1OC. The summed E-state index contributed by atoms with van der Waals surface area (Å²) in [7, 11) is 4.67. The number of benzene rings is 1. The zero-order chi connectivity index (χ0) is 20.1. The molecule has 28 heavy (non-hydrogen) atoms. The number of nitrogens with zero attached hydrogens (tertiary/aromatic N) is 3. The highest BCUT2D eigenvalue weighted by molar-refractivity contribution is 5.92. The molecule has 1 fully saturated rings. The lowest BCUT2D eigenvalue weighted by Crippen LogP contribution is -2.39. The van der Waals surface area contributed by atoms with Gasteiger partial charge >= 0.3 is 0 Å². The van der Waals surface area contributed by atoms with Crippen molar-refractivity contribution >= 4 is 17.4 Å². The Hall–Kier alpha value is -3.03. The topological polar surface area (TPSA) is 85.8 Å². The average molecular weight is 386 g/mol. The summed E-state index contributed by atoms with van der Waals surface area (Å²) >= 11 is 0. The molecule has 1 atom stereocenters. The predicted molar refractivity (Wildman–Crippen MR) is 106 cm³/mol. The number of hydrogen-bond donors (Lipinski definition) is 1. The quantitative estimate of drug-likeness (QED) is 0.816. The number of ether oxygens (including phenoxy) is 3. The standard InChI is InChI=1S/C20H26N4O4/c1-13-6-5-7-24(12-13)20(25)15-10-22-18(11-21-15)23-14-8-16(26-2)19(28-4)17(9-14)27-3/h8-11,13H,5-7,12H2,1-4H3,(H,22,23). The van der Waals surface area contributed by atoms with Gasteiger partial charge in [0.2, 0.25) is 5.75 Å². The summed E-state index contributed by atoms with van der Waals surface area (Å²) in [6, 6.07) is 3.55. The van der Waals surface area contributed by atoms with Crippen molar-refractivity contribution in [1.29, 1.82) is 0 Å². The summed E-state index contributed by atoms with van der Waals surface area (Å²) in [5.41, 5.74) is 1.05. The molecule has 0 spiro atoms. The maximum Gasteiger partial charge on any atom is 0.274 e. The third-order valence-corrected chi connectivity index (χ3v) is 4.75. The molecule has 1 aliphatic heterocycles. The van der Waals surface area contributed by atoms with Gasteiger partial charge in [-0.05, 0) is 18.8 Å². The Morgan fingerprint density at radius 1 is 1.11 bits per heavy atom. The van der Waals surface area contributed by atoms with E-state index in [9.17, 15) is 4.79 Å². The molecule has 1 saturated heterocycles. The van der Waals surface area contributed by atoms with Crippen LogP contribution in [0.4, 0.5) is 11.5 Å². The summed E-state index contributed by atoms with van der Waals surface area (Å²) < 4.78 is 16.0. The molecule has 0 saturated carbocycles. The molecule has 8 nitrogen and oxygen atoms in total. The van der Waals surface area contributed by atoms with Crippen molar-refractivity contribution < 1.29 is 19.0 Å². The van der Waals surface area contributed by atoms with Crippen LogP contribution in [-0.2, 0) is 0 Å². The van der Waals surface area contributed by atoms with E-state index >= 15 is 0 Å². The van der Waals surface area contributed by atoms with Crippen LogP contribution in [0.3, 0.4) is 0 Å². The molecule has 1 aliphatic rings. The monoisotopic (exact) mass is 386 g/mol. The summed E-state index contributed by atoms with van der Waals surface area (Å²) in [6.45, 7) is 3.71. The van der Waals surface area contributed by atoms with E-state index in [2.05, 4.69) is 22.2 Å². The lowest BCUT2D eigenvalue weighted by Gasteiger charge is -2.30. The molecule has 150 valence electrons. The third kappa shape index (κ3) is 4.27. The van der Waals surface area contributed by atoms with E-state index in [1.807, 2.05) is 4.90 Å². The van der Waals surface area contributed by atoms with Gasteiger partial charge in [-0.15, -0.1) is 0 Å². The third-order valence-electron chi connectivity index (χ3n) is 4.75. The largest absolute Gasteiger partial charge is 0.493 e. The molecule has 0 radical (unpaired) electrons. The van der Waals surface area contributed by atoms with E-state index in [0.717, 1.165) is 25.9 Å². The minimum Gasteiger partial charge on any atom is -0.493 e. The Bertz CT molecular complexity index is 800. The van der Waals surface area contributed by atoms with Gasteiger partial charge in [-0.2, -0.15) is 0 Å². The summed E-state index contributed by atoms with van der Waals surface area (Å²) in [6.07, 6.45) is 5.24. The van der Waals surface area contributed by atoms with Gasteiger partial charge < -0.3 is 24.4 Å². The number of piperidine rings is 1. The first-order chi connectivity index (χ1) is 13.5. The van der Waals surface area contributed by atoms with E-state index in [0.29, 0.717) is 40.4 Å². The molecular formula is C20H26N4O4.